The molecule has 86 valence electrons. The molecule has 0 radical (unpaired) electrons. The molecule has 1 aromatic rings. The molecule has 0 aromatic carbocycles. The van der Waals surface area contributed by atoms with Gasteiger partial charge in [-0.2, -0.15) is 0 Å². The summed E-state index contributed by atoms with van der Waals surface area (Å²) in [5.74, 6) is 0.226. The topological polar surface area (TPSA) is 39.2 Å². The fourth-order valence-electron chi connectivity index (χ4n) is 1.97. The number of rotatable bonds is 3. The number of ether oxygens (including phenoxy) is 1. The third kappa shape index (κ3) is 3.04. The first-order valence-corrected chi connectivity index (χ1v) is 6.34. The van der Waals surface area contributed by atoms with Crippen LogP contribution < -0.4 is 0 Å². The first-order chi connectivity index (χ1) is 7.75. The molecule has 0 bridgehead atoms. The molecule has 1 aliphatic carbocycles. The summed E-state index contributed by atoms with van der Waals surface area (Å²) >= 11 is 3.23. The molecule has 0 N–H and O–H groups in total. The summed E-state index contributed by atoms with van der Waals surface area (Å²) in [4.78, 5) is 15.7. The minimum absolute atomic E-state index is 0.326. The molecule has 0 spiro atoms. The van der Waals surface area contributed by atoms with Crippen LogP contribution in [0.2, 0.25) is 0 Å². The quantitative estimate of drug-likeness (QED) is 0.632. The third-order valence-corrected chi connectivity index (χ3v) is 3.29. The molecule has 3 nitrogen and oxygen atoms in total. The van der Waals surface area contributed by atoms with E-state index in [2.05, 4.69) is 20.9 Å². The summed E-state index contributed by atoms with van der Waals surface area (Å²) in [6.07, 6.45) is 4.88. The van der Waals surface area contributed by atoms with Crippen LogP contribution in [0.5, 0.6) is 0 Å². The molecule has 4 heteroatoms. The molecule has 0 atom stereocenters. The van der Waals surface area contributed by atoms with Gasteiger partial charge in [0, 0.05) is 0 Å². The Bertz CT molecular complexity index is 375. The number of aromatic nitrogens is 1. The van der Waals surface area contributed by atoms with Crippen LogP contribution in [-0.2, 0) is 4.74 Å². The number of carbonyl (C=O) groups is 1. The summed E-state index contributed by atoms with van der Waals surface area (Å²) in [6.45, 7) is 0.535. The van der Waals surface area contributed by atoms with Gasteiger partial charge < -0.3 is 4.74 Å². The molecule has 0 unspecified atom stereocenters. The van der Waals surface area contributed by atoms with Gasteiger partial charge in [-0.3, -0.25) is 0 Å². The maximum Gasteiger partial charge on any atom is 0.356 e. The largest absolute Gasteiger partial charge is 0.461 e. The van der Waals surface area contributed by atoms with Gasteiger partial charge in [0.2, 0.25) is 0 Å². The van der Waals surface area contributed by atoms with E-state index in [1.54, 1.807) is 18.2 Å². The number of halogens is 1. The van der Waals surface area contributed by atoms with E-state index in [1.165, 1.54) is 25.7 Å². The van der Waals surface area contributed by atoms with E-state index in [0.29, 0.717) is 22.8 Å². The van der Waals surface area contributed by atoms with Crippen LogP contribution in [0.1, 0.15) is 36.2 Å². The number of pyridine rings is 1. The van der Waals surface area contributed by atoms with Crippen molar-refractivity contribution in [3.8, 4) is 0 Å². The lowest BCUT2D eigenvalue weighted by molar-refractivity contribution is 0.0435. The zero-order chi connectivity index (χ0) is 11.4. The van der Waals surface area contributed by atoms with Crippen LogP contribution in [-0.4, -0.2) is 17.6 Å². The minimum Gasteiger partial charge on any atom is -0.461 e. The van der Waals surface area contributed by atoms with E-state index >= 15 is 0 Å². The maximum absolute atomic E-state index is 11.6. The van der Waals surface area contributed by atoms with Crippen molar-refractivity contribution in [2.45, 2.75) is 25.7 Å². The lowest BCUT2D eigenvalue weighted by atomic mass is 10.1. The average molecular weight is 284 g/mol. The van der Waals surface area contributed by atoms with Crippen LogP contribution in [0.3, 0.4) is 0 Å². The summed E-state index contributed by atoms with van der Waals surface area (Å²) < 4.78 is 5.90. The lowest BCUT2D eigenvalue weighted by Crippen LogP contribution is -2.13. The number of esters is 1. The first kappa shape index (κ1) is 11.6. The molecular formula is C12H14BrNO2. The fourth-order valence-corrected chi connectivity index (χ4v) is 2.31. The molecule has 1 aliphatic rings. The van der Waals surface area contributed by atoms with Crippen LogP contribution in [0.15, 0.2) is 22.8 Å². The Morgan fingerprint density at radius 3 is 2.88 bits per heavy atom. The molecule has 0 saturated heterocycles. The van der Waals surface area contributed by atoms with E-state index in [0.717, 1.165) is 0 Å². The summed E-state index contributed by atoms with van der Waals surface area (Å²) in [5.41, 5.74) is 0.368. The molecule has 16 heavy (non-hydrogen) atoms. The van der Waals surface area contributed by atoms with Crippen LogP contribution >= 0.6 is 15.9 Å². The number of hydrogen-bond acceptors (Lipinski definition) is 3. The van der Waals surface area contributed by atoms with Gasteiger partial charge in [0.1, 0.15) is 10.3 Å². The van der Waals surface area contributed by atoms with Crippen molar-refractivity contribution in [3.05, 3.63) is 28.5 Å². The van der Waals surface area contributed by atoms with Gasteiger partial charge in [0.25, 0.3) is 0 Å². The number of nitrogens with zero attached hydrogens (tertiary/aromatic N) is 1. The Balaban J connectivity index is 1.87. The normalized spacial score (nSPS) is 16.3. The molecule has 0 amide bonds. The molecule has 1 fully saturated rings. The average Bonchev–Trinajstić information content (AvgIpc) is 2.78. The van der Waals surface area contributed by atoms with Crippen LogP contribution in [0, 0.1) is 5.92 Å². The van der Waals surface area contributed by atoms with Crippen LogP contribution in [0.4, 0.5) is 0 Å². The molecule has 2 rings (SSSR count). The van der Waals surface area contributed by atoms with Gasteiger partial charge in [0.05, 0.1) is 6.61 Å². The van der Waals surface area contributed by atoms with Crippen molar-refractivity contribution in [1.82, 2.24) is 4.98 Å². The van der Waals surface area contributed by atoms with Crippen molar-refractivity contribution in [2.75, 3.05) is 6.61 Å². The smallest absolute Gasteiger partial charge is 0.356 e. The Morgan fingerprint density at radius 2 is 2.19 bits per heavy atom. The van der Waals surface area contributed by atoms with Crippen molar-refractivity contribution in [3.63, 3.8) is 0 Å². The Hall–Kier alpha value is -0.900. The van der Waals surface area contributed by atoms with Crippen molar-refractivity contribution in [1.29, 1.82) is 0 Å². The fraction of sp³-hybridized carbons (Fsp3) is 0.500. The standard InChI is InChI=1S/C12H14BrNO2/c13-11-7-3-6-10(14-11)12(15)16-8-9-4-1-2-5-9/h3,6-7,9H,1-2,4-5,8H2. The zero-order valence-electron chi connectivity index (χ0n) is 8.99. The summed E-state index contributed by atoms with van der Waals surface area (Å²) in [7, 11) is 0. The van der Waals surface area contributed by atoms with E-state index in [9.17, 15) is 4.79 Å². The van der Waals surface area contributed by atoms with Gasteiger partial charge in [-0.05, 0) is 46.8 Å². The predicted octanol–water partition coefficient (Wildman–Crippen LogP) is 3.19. The highest BCUT2D eigenvalue weighted by atomic mass is 79.9. The van der Waals surface area contributed by atoms with Crippen molar-refractivity contribution < 1.29 is 9.53 Å². The molecule has 1 heterocycles. The number of carbonyl (C=O) groups excluding carboxylic acids is 1. The molecule has 1 saturated carbocycles. The minimum atomic E-state index is -0.326. The Kier molecular flexibility index (Phi) is 3.93. The van der Waals surface area contributed by atoms with E-state index in [-0.39, 0.29) is 5.97 Å². The van der Waals surface area contributed by atoms with Gasteiger partial charge in [-0.25, -0.2) is 9.78 Å². The van der Waals surface area contributed by atoms with Gasteiger partial charge >= 0.3 is 5.97 Å². The highest BCUT2D eigenvalue weighted by molar-refractivity contribution is 9.10. The summed E-state index contributed by atoms with van der Waals surface area (Å²) in [5, 5.41) is 0. The summed E-state index contributed by atoms with van der Waals surface area (Å²) in [6, 6.07) is 5.23. The second-order valence-electron chi connectivity index (χ2n) is 4.09. The molecule has 1 aromatic heterocycles. The maximum atomic E-state index is 11.6. The second kappa shape index (κ2) is 5.43. The second-order valence-corrected chi connectivity index (χ2v) is 4.91. The predicted molar refractivity (Wildman–Crippen MR) is 64.2 cm³/mol. The van der Waals surface area contributed by atoms with Gasteiger partial charge in [0.15, 0.2) is 0 Å². The Labute approximate surface area is 103 Å². The SMILES string of the molecule is O=C(OCC1CCCC1)c1cccc(Br)n1. The van der Waals surface area contributed by atoms with E-state index < -0.39 is 0 Å². The highest BCUT2D eigenvalue weighted by Gasteiger charge is 2.18. The zero-order valence-corrected chi connectivity index (χ0v) is 10.6. The van der Waals surface area contributed by atoms with Crippen molar-refractivity contribution in [2.24, 2.45) is 5.92 Å². The molecule has 0 aliphatic heterocycles. The monoisotopic (exact) mass is 283 g/mol. The Morgan fingerprint density at radius 1 is 1.44 bits per heavy atom. The van der Waals surface area contributed by atoms with Gasteiger partial charge in [-0.1, -0.05) is 18.9 Å². The van der Waals surface area contributed by atoms with Crippen LogP contribution in [0.25, 0.3) is 0 Å². The first-order valence-electron chi connectivity index (χ1n) is 5.55. The highest BCUT2D eigenvalue weighted by Crippen LogP contribution is 2.24. The lowest BCUT2D eigenvalue weighted by Gasteiger charge is -2.09. The van der Waals surface area contributed by atoms with Crippen molar-refractivity contribution >= 4 is 21.9 Å². The molecular weight excluding hydrogens is 270 g/mol. The van der Waals surface area contributed by atoms with E-state index in [4.69, 9.17) is 4.74 Å². The number of hydrogen-bond donors (Lipinski definition) is 0. The van der Waals surface area contributed by atoms with E-state index in [1.807, 2.05) is 0 Å². The third-order valence-electron chi connectivity index (χ3n) is 2.85. The van der Waals surface area contributed by atoms with Gasteiger partial charge in [-0.15, -0.1) is 0 Å².